The Morgan fingerprint density at radius 3 is 0.831 bits per heavy atom. The zero-order valence-electron chi connectivity index (χ0n) is 71.4. The molecular formula is C99H123Cl2FeN19O2Zr. The molecule has 9 heterocycles. The van der Waals surface area contributed by atoms with Gasteiger partial charge in [0.25, 0.3) is 0 Å². The van der Waals surface area contributed by atoms with E-state index in [1.165, 1.54) is 77.0 Å². The fraction of sp³-hybridized carbons (Fsp3) is 0.354. The molecule has 5 aliphatic carbocycles. The summed E-state index contributed by atoms with van der Waals surface area (Å²) in [5, 5.41) is 24.1. The molecule has 5 saturated carbocycles. The molecule has 0 amide bonds. The third-order valence-electron chi connectivity index (χ3n) is 20.5. The molecule has 652 valence electrons. The third-order valence-corrected chi connectivity index (χ3v) is 20.5. The van der Waals surface area contributed by atoms with Gasteiger partial charge in [0.15, 0.2) is 6.29 Å². The fourth-order valence-corrected chi connectivity index (χ4v) is 14.0. The van der Waals surface area contributed by atoms with Crippen LogP contribution in [0.2, 0.25) is 0 Å². The van der Waals surface area contributed by atoms with E-state index in [9.17, 15) is 4.79 Å². The van der Waals surface area contributed by atoms with E-state index in [1.807, 2.05) is 244 Å². The van der Waals surface area contributed by atoms with E-state index >= 15 is 0 Å². The van der Waals surface area contributed by atoms with Crippen molar-refractivity contribution >= 4 is 51.3 Å². The predicted octanol–water partition coefficient (Wildman–Crippen LogP) is 19.4. The molecule has 10 atom stereocenters. The van der Waals surface area contributed by atoms with Crippen LogP contribution in [0.3, 0.4) is 0 Å². The van der Waals surface area contributed by atoms with Gasteiger partial charge in [-0.25, -0.2) is 0 Å². The second-order valence-corrected chi connectivity index (χ2v) is 31.4. The number of benzene rings is 2. The van der Waals surface area contributed by atoms with Gasteiger partial charge in [-0.1, -0.05) is 144 Å². The minimum absolute atomic E-state index is 0. The number of rotatable bonds is 21. The number of carbonyl (C=O) groups excluding carboxylic acids is 1. The van der Waals surface area contributed by atoms with Crippen LogP contribution in [0, 0.1) is 13.8 Å². The van der Waals surface area contributed by atoms with Crippen molar-refractivity contribution in [1.29, 1.82) is 0 Å². The van der Waals surface area contributed by atoms with Gasteiger partial charge in [-0.3, -0.25) is 69.6 Å². The number of nitrogens with zero attached hydrogens (tertiary/aromatic N) is 15. The summed E-state index contributed by atoms with van der Waals surface area (Å²) in [5.41, 5.74) is 21.8. The van der Waals surface area contributed by atoms with Crippen LogP contribution in [-0.2, 0) is 65.5 Å². The molecule has 25 heteroatoms. The normalized spacial score (nSPS) is 19.9. The molecule has 124 heavy (non-hydrogen) atoms. The van der Waals surface area contributed by atoms with Gasteiger partial charge in [-0.05, 0) is 161 Å². The standard InChI is InChI=1S/C18H24N4.C18H22N4.2C18H20N4.2C7H7.C6H14N2.C6H5NO.CH4O.2ClH.Fe.Zr/c4*1-2-10-18(22-14-16-8-4-6-12-20-16)17(9-1)21-13-15-7-3-5-11-19-15;2*1-7-5-3-2-4-6-7;7-5-3-1-2-4-6(5)8;8-5-6-3-1-2-4-7-6;1-2;;;;/h3-8,11-12,17-18,21-22H,1-2,9-10,13-14H2;3-8,11-12,17-18H,1-2,9-10,13-14H2;2*3-8,11-14,17-18H,1-2,9-10H2;2*2-6H,1H2;5-6H,1-4,7-8H2;1-5H;2H,1H3;2*1H;;/q;-2;;;2*-1;;;;;;+2;+4/p-2/t4*17-,18-;;;5-,6-;;;;;;/m1111..1....../s1. The smallest absolute Gasteiger partial charge is 0.656 e. The van der Waals surface area contributed by atoms with Gasteiger partial charge in [0.05, 0.1) is 58.3 Å². The van der Waals surface area contributed by atoms with Crippen molar-refractivity contribution in [2.24, 2.45) is 31.4 Å². The van der Waals surface area contributed by atoms with E-state index in [0.29, 0.717) is 43.0 Å². The molecule has 0 saturated heterocycles. The molecule has 0 radical (unpaired) electrons. The number of pyridine rings is 9. The van der Waals surface area contributed by atoms with Gasteiger partial charge < -0.3 is 37.8 Å². The monoisotopic (exact) mass is 1830 g/mol. The third kappa shape index (κ3) is 45.5. The minimum atomic E-state index is 0. The van der Waals surface area contributed by atoms with Crippen molar-refractivity contribution in [3.05, 3.63) is 367 Å². The Hall–Kier alpha value is -9.42. The molecule has 0 spiro atoms. The number of aldehydes is 1. The van der Waals surface area contributed by atoms with Crippen molar-refractivity contribution < 1.29 is 49.2 Å². The first kappa shape index (κ1) is 103. The number of hydrogen-bond acceptors (Lipinski definition) is 19. The topological polar surface area (TPSA) is 307 Å². The van der Waals surface area contributed by atoms with E-state index in [1.54, 1.807) is 49.2 Å². The molecule has 0 aliphatic heterocycles. The number of aliphatic hydroxyl groups excluding tert-OH is 1. The largest absolute Gasteiger partial charge is 4.00 e. The number of nitrogens with two attached hydrogens (primary N) is 2. The Balaban J connectivity index is 0.000000225. The Bertz CT molecular complexity index is 4020. The maximum Gasteiger partial charge on any atom is 4.00 e. The summed E-state index contributed by atoms with van der Waals surface area (Å²) >= 11 is 0.194. The molecular weight excluding hydrogens is 1710 g/mol. The molecule has 11 aromatic rings. The quantitative estimate of drug-likeness (QED) is 0.0193. The Labute approximate surface area is 770 Å². The van der Waals surface area contributed by atoms with Gasteiger partial charge >= 0.3 is 59.5 Å². The van der Waals surface area contributed by atoms with Crippen LogP contribution in [0.4, 0.5) is 0 Å². The van der Waals surface area contributed by atoms with E-state index < -0.39 is 0 Å². The minimum Gasteiger partial charge on any atom is -0.656 e. The van der Waals surface area contributed by atoms with Crippen molar-refractivity contribution in [3.63, 3.8) is 0 Å². The second-order valence-electron chi connectivity index (χ2n) is 29.6. The summed E-state index contributed by atoms with van der Waals surface area (Å²) in [7, 11) is 10.5. The number of aliphatic hydroxyl groups is 1. The molecule has 16 rings (SSSR count). The van der Waals surface area contributed by atoms with E-state index in [-0.39, 0.29) is 75.6 Å². The molecule has 9 aromatic heterocycles. The predicted molar refractivity (Wildman–Crippen MR) is 502 cm³/mol. The number of hydrogen-bond donors (Lipinski definition) is 5. The number of aromatic nitrogens is 9. The van der Waals surface area contributed by atoms with Crippen molar-refractivity contribution in [2.75, 3.05) is 7.11 Å². The van der Waals surface area contributed by atoms with E-state index in [0.717, 1.165) is 135 Å². The van der Waals surface area contributed by atoms with Gasteiger partial charge in [0.1, 0.15) is 5.69 Å². The van der Waals surface area contributed by atoms with Crippen LogP contribution < -0.4 is 22.1 Å². The Morgan fingerprint density at radius 1 is 0.355 bits per heavy atom. The summed E-state index contributed by atoms with van der Waals surface area (Å²) in [6, 6.07) is 75.8. The maximum absolute atomic E-state index is 9.94. The number of carbonyl (C=O) groups is 1. The van der Waals surface area contributed by atoms with Crippen molar-refractivity contribution in [1.82, 2.24) is 55.5 Å². The first-order valence-electron chi connectivity index (χ1n) is 42.7. The summed E-state index contributed by atoms with van der Waals surface area (Å²) in [6.45, 7) is 10.5. The molecule has 2 aromatic carbocycles. The Morgan fingerprint density at radius 2 is 0.597 bits per heavy atom. The molecule has 5 aliphatic rings. The average Bonchev–Trinajstić information content (AvgIpc) is 0.883. The van der Waals surface area contributed by atoms with Crippen LogP contribution in [0.5, 0.6) is 0 Å². The fourth-order valence-electron chi connectivity index (χ4n) is 14.0. The SMILES string of the molecule is C(=N[C@@H]1CCCC[C@H]1N=Cc1ccccn1)c1ccccn1.C(=N[C@@H]1CCCC[C@H]1N=Cc1ccccn1)c1ccccn1.CO.N[C@@H]1CCCC[C@H]1N.O=Cc1ccccn1.[CH2-]c1ccccc1.[CH2-]c1ccccc1.[Cl][Fe][Cl].[Zr+4].c1ccc(CN[C@@H]2CCCC[C@H]2NCc2ccccn2)nc1.c1ccc(C[N-][C@@H]2CCCC[C@H]2[N-]Cc2ccccn2)nc1. The summed E-state index contributed by atoms with van der Waals surface area (Å²) in [6.07, 6.45) is 48.3. The van der Waals surface area contributed by atoms with Crippen LogP contribution >= 0.6 is 20.2 Å². The van der Waals surface area contributed by atoms with Crippen LogP contribution in [-0.4, -0.2) is 149 Å². The summed E-state index contributed by atoms with van der Waals surface area (Å²) < 4.78 is 0. The van der Waals surface area contributed by atoms with Crippen LogP contribution in [0.1, 0.15) is 196 Å². The van der Waals surface area contributed by atoms with E-state index in [2.05, 4.69) is 81.5 Å². The first-order chi connectivity index (χ1) is 60.6. The molecule has 21 nitrogen and oxygen atoms in total. The van der Waals surface area contributed by atoms with Crippen molar-refractivity contribution in [3.8, 4) is 0 Å². The zero-order chi connectivity index (χ0) is 86.9. The van der Waals surface area contributed by atoms with E-state index in [4.69, 9.17) is 67.4 Å². The average molecular weight is 1830 g/mol. The van der Waals surface area contributed by atoms with Crippen molar-refractivity contribution in [2.45, 2.75) is 215 Å². The maximum atomic E-state index is 9.94. The molecule has 0 bridgehead atoms. The first-order valence-corrected chi connectivity index (χ1v) is 45.7. The van der Waals surface area contributed by atoms with Gasteiger partial charge in [-0.15, -0.1) is 37.4 Å². The second kappa shape index (κ2) is 67.0. The van der Waals surface area contributed by atoms with Crippen LogP contribution in [0.15, 0.2) is 300 Å². The molecule has 5 fully saturated rings. The molecule has 0 unspecified atom stereocenters. The summed E-state index contributed by atoms with van der Waals surface area (Å²) in [5.74, 6) is 0. The Kier molecular flexibility index (Phi) is 55.9. The summed E-state index contributed by atoms with van der Waals surface area (Å²) in [4.78, 5) is 67.2. The zero-order valence-corrected chi connectivity index (χ0v) is 76.5. The van der Waals surface area contributed by atoms with Gasteiger partial charge in [0, 0.05) is 136 Å². The van der Waals surface area contributed by atoms with Gasteiger partial charge in [-0.2, -0.15) is 61.3 Å². The van der Waals surface area contributed by atoms with Gasteiger partial charge in [0.2, 0.25) is 0 Å². The van der Waals surface area contributed by atoms with Crippen LogP contribution in [0.25, 0.3) is 10.6 Å². The number of nitrogens with one attached hydrogen (secondary N) is 2. The molecule has 7 N–H and O–H groups in total. The number of aliphatic imine (C=N–C) groups is 4. The number of halogens is 2.